The van der Waals surface area contributed by atoms with Crippen molar-refractivity contribution in [1.82, 2.24) is 4.90 Å². The number of rotatable bonds is 3. The Bertz CT molecular complexity index is 894. The number of carbonyl (C=O) groups is 1. The number of nitrogens with zero attached hydrogens (tertiary/aromatic N) is 1. The molecule has 1 aliphatic rings. The molecular weight excluding hydrogens is 403 g/mol. The molecule has 0 unspecified atom stereocenters. The summed E-state index contributed by atoms with van der Waals surface area (Å²) >= 11 is 12.2. The molecule has 0 atom stereocenters. The van der Waals surface area contributed by atoms with E-state index in [9.17, 15) is 18.0 Å². The van der Waals surface area contributed by atoms with E-state index in [0.29, 0.717) is 19.8 Å². The fraction of sp³-hybridized carbons (Fsp3) is 0.111. The van der Waals surface area contributed by atoms with Crippen molar-refractivity contribution in [2.75, 3.05) is 0 Å². The van der Waals surface area contributed by atoms with E-state index in [0.717, 1.165) is 29.5 Å². The number of benzene rings is 2. The van der Waals surface area contributed by atoms with E-state index < -0.39 is 11.7 Å². The first-order valence-electron chi connectivity index (χ1n) is 7.41. The average molecular weight is 414 g/mol. The summed E-state index contributed by atoms with van der Waals surface area (Å²) in [6, 6.07) is 11.8. The van der Waals surface area contributed by atoms with Crippen molar-refractivity contribution >= 4 is 51.9 Å². The Morgan fingerprint density at radius 3 is 2.50 bits per heavy atom. The summed E-state index contributed by atoms with van der Waals surface area (Å²) in [7, 11) is 0. The van der Waals surface area contributed by atoms with Gasteiger partial charge in [-0.05, 0) is 41.5 Å². The molecule has 0 spiro atoms. The zero-order chi connectivity index (χ0) is 18.9. The van der Waals surface area contributed by atoms with Crippen LogP contribution in [0.3, 0.4) is 0 Å². The Hall–Kier alpha value is -1.83. The minimum Gasteiger partial charge on any atom is -0.288 e. The van der Waals surface area contributed by atoms with Gasteiger partial charge in [-0.15, -0.1) is 0 Å². The second kappa shape index (κ2) is 7.42. The Morgan fingerprint density at radius 1 is 1.15 bits per heavy atom. The summed E-state index contributed by atoms with van der Waals surface area (Å²) in [4.78, 5) is 14.3. The van der Waals surface area contributed by atoms with Gasteiger partial charge in [-0.3, -0.25) is 9.69 Å². The summed E-state index contributed by atoms with van der Waals surface area (Å²) in [6.45, 7) is -0.00740. The van der Waals surface area contributed by atoms with Crippen LogP contribution in [0.25, 0.3) is 6.08 Å². The van der Waals surface area contributed by atoms with Crippen molar-refractivity contribution in [3.05, 3.63) is 75.1 Å². The molecular formula is C18H11ClF3NOS2. The monoisotopic (exact) mass is 413 g/mol. The van der Waals surface area contributed by atoms with Crippen LogP contribution in [0.4, 0.5) is 13.2 Å². The highest BCUT2D eigenvalue weighted by atomic mass is 35.5. The molecule has 1 fully saturated rings. The average Bonchev–Trinajstić information content (AvgIpc) is 2.84. The van der Waals surface area contributed by atoms with Gasteiger partial charge in [0.05, 0.1) is 17.0 Å². The predicted octanol–water partition coefficient (Wildman–Crippen LogP) is 5.76. The Morgan fingerprint density at radius 2 is 1.85 bits per heavy atom. The normalized spacial score (nSPS) is 16.6. The molecule has 134 valence electrons. The molecule has 0 N–H and O–H groups in total. The summed E-state index contributed by atoms with van der Waals surface area (Å²) in [6.07, 6.45) is -2.75. The highest BCUT2D eigenvalue weighted by Gasteiger charge is 2.33. The standard InChI is InChI=1S/C18H11ClF3NOS2/c19-14-6-4-11(5-7-14)9-15-16(24)23(17(25)26-15)10-12-2-1-3-13(8-12)18(20,21)22/h1-9H,10H2/b15-9-. The van der Waals surface area contributed by atoms with Crippen LogP contribution >= 0.6 is 35.6 Å². The van der Waals surface area contributed by atoms with Gasteiger partial charge in [-0.25, -0.2) is 0 Å². The highest BCUT2D eigenvalue weighted by Crippen LogP contribution is 2.35. The van der Waals surface area contributed by atoms with Crippen molar-refractivity contribution in [3.63, 3.8) is 0 Å². The van der Waals surface area contributed by atoms with Gasteiger partial charge in [0.2, 0.25) is 0 Å². The van der Waals surface area contributed by atoms with Crippen molar-refractivity contribution < 1.29 is 18.0 Å². The van der Waals surface area contributed by atoms with E-state index >= 15 is 0 Å². The number of carbonyl (C=O) groups excluding carboxylic acids is 1. The van der Waals surface area contributed by atoms with Crippen LogP contribution in [0, 0.1) is 0 Å². The lowest BCUT2D eigenvalue weighted by Gasteiger charge is -2.15. The van der Waals surface area contributed by atoms with Crippen LogP contribution < -0.4 is 0 Å². The van der Waals surface area contributed by atoms with Crippen LogP contribution in [0.2, 0.25) is 5.02 Å². The largest absolute Gasteiger partial charge is 0.416 e. The van der Waals surface area contributed by atoms with Crippen molar-refractivity contribution in [2.45, 2.75) is 12.7 Å². The minimum atomic E-state index is -4.43. The number of thioether (sulfide) groups is 1. The Balaban J connectivity index is 1.81. The number of hydrogen-bond acceptors (Lipinski definition) is 3. The SMILES string of the molecule is O=C1/C(=C/c2ccc(Cl)cc2)SC(=S)N1Cc1cccc(C(F)(F)F)c1. The number of alkyl halides is 3. The molecule has 8 heteroatoms. The third-order valence-electron chi connectivity index (χ3n) is 3.64. The van der Waals surface area contributed by atoms with Gasteiger partial charge in [0.25, 0.3) is 5.91 Å². The lowest BCUT2D eigenvalue weighted by Crippen LogP contribution is -2.27. The first-order chi connectivity index (χ1) is 12.2. The van der Waals surface area contributed by atoms with Gasteiger partial charge >= 0.3 is 6.18 Å². The van der Waals surface area contributed by atoms with E-state index in [4.69, 9.17) is 23.8 Å². The summed E-state index contributed by atoms with van der Waals surface area (Å²) in [5.74, 6) is -0.327. The second-order valence-electron chi connectivity index (χ2n) is 5.52. The first kappa shape index (κ1) is 18.9. The van der Waals surface area contributed by atoms with Gasteiger partial charge in [0.15, 0.2) is 0 Å². The van der Waals surface area contributed by atoms with Gasteiger partial charge < -0.3 is 0 Å². The van der Waals surface area contributed by atoms with Crippen LogP contribution in [0.1, 0.15) is 16.7 Å². The second-order valence-corrected chi connectivity index (χ2v) is 7.63. The molecule has 0 aliphatic carbocycles. The molecule has 1 amide bonds. The van der Waals surface area contributed by atoms with E-state index in [1.165, 1.54) is 17.0 Å². The fourth-order valence-corrected chi connectivity index (χ4v) is 3.76. The number of hydrogen-bond donors (Lipinski definition) is 0. The van der Waals surface area contributed by atoms with Crippen LogP contribution in [0.15, 0.2) is 53.4 Å². The molecule has 1 heterocycles. The minimum absolute atomic E-state index is 0.00740. The van der Waals surface area contributed by atoms with Crippen molar-refractivity contribution in [1.29, 1.82) is 0 Å². The lowest BCUT2D eigenvalue weighted by molar-refractivity contribution is -0.137. The molecule has 1 aliphatic heterocycles. The highest BCUT2D eigenvalue weighted by molar-refractivity contribution is 8.26. The third-order valence-corrected chi connectivity index (χ3v) is 5.27. The van der Waals surface area contributed by atoms with E-state index in [-0.39, 0.29) is 12.5 Å². The van der Waals surface area contributed by atoms with E-state index in [2.05, 4.69) is 0 Å². The molecule has 3 rings (SSSR count). The maximum atomic E-state index is 12.8. The quantitative estimate of drug-likeness (QED) is 0.471. The maximum Gasteiger partial charge on any atom is 0.416 e. The number of thiocarbonyl (C=S) groups is 1. The van der Waals surface area contributed by atoms with Crippen molar-refractivity contribution in [3.8, 4) is 0 Å². The van der Waals surface area contributed by atoms with Gasteiger partial charge in [-0.2, -0.15) is 13.2 Å². The molecule has 0 bridgehead atoms. The zero-order valence-electron chi connectivity index (χ0n) is 13.1. The summed E-state index contributed by atoms with van der Waals surface area (Å²) < 4.78 is 38.8. The van der Waals surface area contributed by atoms with Crippen LogP contribution in [-0.2, 0) is 17.5 Å². The van der Waals surface area contributed by atoms with Gasteiger partial charge in [0, 0.05) is 5.02 Å². The maximum absolute atomic E-state index is 12.8. The van der Waals surface area contributed by atoms with Crippen LogP contribution in [-0.4, -0.2) is 15.1 Å². The topological polar surface area (TPSA) is 20.3 Å². The molecule has 0 saturated carbocycles. The molecule has 0 aromatic heterocycles. The molecule has 26 heavy (non-hydrogen) atoms. The zero-order valence-corrected chi connectivity index (χ0v) is 15.5. The summed E-state index contributed by atoms with van der Waals surface area (Å²) in [5.41, 5.74) is 0.398. The van der Waals surface area contributed by atoms with Crippen molar-refractivity contribution in [2.24, 2.45) is 0 Å². The van der Waals surface area contributed by atoms with Gasteiger partial charge in [-0.1, -0.05) is 59.8 Å². The number of amides is 1. The molecule has 2 aromatic rings. The van der Waals surface area contributed by atoms with E-state index in [1.54, 1.807) is 30.3 Å². The number of halogens is 4. The Kier molecular flexibility index (Phi) is 5.41. The molecule has 2 aromatic carbocycles. The molecule has 1 saturated heterocycles. The van der Waals surface area contributed by atoms with Gasteiger partial charge in [0.1, 0.15) is 4.32 Å². The summed E-state index contributed by atoms with van der Waals surface area (Å²) in [5, 5.41) is 0.583. The fourth-order valence-electron chi connectivity index (χ4n) is 2.38. The smallest absolute Gasteiger partial charge is 0.288 e. The molecule has 0 radical (unpaired) electrons. The Labute approximate surface area is 162 Å². The molecule has 2 nitrogen and oxygen atoms in total. The first-order valence-corrected chi connectivity index (χ1v) is 9.01. The lowest BCUT2D eigenvalue weighted by atomic mass is 10.1. The third kappa shape index (κ3) is 4.28. The van der Waals surface area contributed by atoms with Crippen LogP contribution in [0.5, 0.6) is 0 Å². The van der Waals surface area contributed by atoms with E-state index in [1.807, 2.05) is 0 Å². The predicted molar refractivity (Wildman–Crippen MR) is 102 cm³/mol.